The number of rotatable bonds is 12. The lowest BCUT2D eigenvalue weighted by Crippen LogP contribution is -2.30. The van der Waals surface area contributed by atoms with Gasteiger partial charge in [0.1, 0.15) is 22.9 Å². The number of amides is 3. The van der Waals surface area contributed by atoms with Gasteiger partial charge >= 0.3 is 0 Å². The topological polar surface area (TPSA) is 126 Å². The fourth-order valence-corrected chi connectivity index (χ4v) is 4.99. The van der Waals surface area contributed by atoms with Crippen LogP contribution in [0, 0.1) is 0 Å². The number of aromatic hydroxyl groups is 1. The first-order valence-corrected chi connectivity index (χ1v) is 14.7. The van der Waals surface area contributed by atoms with Crippen LogP contribution in [0.1, 0.15) is 29.8 Å². The van der Waals surface area contributed by atoms with Gasteiger partial charge in [-0.25, -0.2) is 0 Å². The molecule has 4 aromatic rings. The SMILES string of the molecule is CCOc1ccc(NC(=O)C(C)Sc2cccc(NC(=O)/C(=C\c3ccc(O)cc3OC)NC(=O)c3ccccc3)c2)cc1. The van der Waals surface area contributed by atoms with Crippen LogP contribution in [-0.2, 0) is 9.59 Å². The van der Waals surface area contributed by atoms with Gasteiger partial charge in [0.25, 0.3) is 11.8 Å². The minimum atomic E-state index is -0.576. The Hall–Kier alpha value is -5.22. The quantitative estimate of drug-likeness (QED) is 0.109. The Balaban J connectivity index is 1.49. The predicted octanol–water partition coefficient (Wildman–Crippen LogP) is 6.33. The molecule has 3 amide bonds. The molecule has 0 aliphatic rings. The molecule has 4 aromatic carbocycles. The van der Waals surface area contributed by atoms with Crippen molar-refractivity contribution in [2.24, 2.45) is 0 Å². The number of thioether (sulfide) groups is 1. The van der Waals surface area contributed by atoms with Crippen molar-refractivity contribution in [3.63, 3.8) is 0 Å². The van der Waals surface area contributed by atoms with Crippen molar-refractivity contribution < 1.29 is 29.0 Å². The zero-order valence-corrected chi connectivity index (χ0v) is 25.3. The molecule has 4 N–H and O–H groups in total. The first-order chi connectivity index (χ1) is 21.2. The summed E-state index contributed by atoms with van der Waals surface area (Å²) < 4.78 is 10.8. The molecule has 9 nitrogen and oxygen atoms in total. The van der Waals surface area contributed by atoms with Crippen molar-refractivity contribution in [2.75, 3.05) is 24.4 Å². The summed E-state index contributed by atoms with van der Waals surface area (Å²) in [7, 11) is 1.44. The number of hydrogen-bond donors (Lipinski definition) is 4. The molecule has 10 heteroatoms. The Bertz CT molecular complexity index is 1640. The van der Waals surface area contributed by atoms with E-state index in [0.717, 1.165) is 10.6 Å². The van der Waals surface area contributed by atoms with E-state index in [4.69, 9.17) is 9.47 Å². The molecule has 44 heavy (non-hydrogen) atoms. The zero-order valence-electron chi connectivity index (χ0n) is 24.5. The molecule has 0 radical (unpaired) electrons. The van der Waals surface area contributed by atoms with Crippen LogP contribution >= 0.6 is 11.8 Å². The van der Waals surface area contributed by atoms with Crippen molar-refractivity contribution in [2.45, 2.75) is 24.0 Å². The van der Waals surface area contributed by atoms with Crippen molar-refractivity contribution in [3.8, 4) is 17.2 Å². The number of carbonyl (C=O) groups excluding carboxylic acids is 3. The summed E-state index contributed by atoms with van der Waals surface area (Å²) in [5.74, 6) is -0.179. The molecule has 0 saturated carbocycles. The molecule has 226 valence electrons. The standard InChI is InChI=1S/C34H33N3O6S/c1-4-43-28-17-14-25(15-18-28)35-32(39)22(2)44-29-12-8-11-26(20-29)36-34(41)30(37-33(40)23-9-6-5-7-10-23)19-24-13-16-27(38)21-31(24)42-3/h5-22,38H,4H2,1-3H3,(H,35,39)(H,36,41)(H,37,40)/b30-19+. The average molecular weight is 612 g/mol. The molecule has 0 saturated heterocycles. The minimum absolute atomic E-state index is 0.00460. The number of nitrogens with one attached hydrogen (secondary N) is 3. The highest BCUT2D eigenvalue weighted by Gasteiger charge is 2.18. The Morgan fingerprint density at radius 1 is 0.886 bits per heavy atom. The summed E-state index contributed by atoms with van der Waals surface area (Å²) in [4.78, 5) is 40.1. The van der Waals surface area contributed by atoms with Gasteiger partial charge in [-0.2, -0.15) is 0 Å². The van der Waals surface area contributed by atoms with Crippen molar-refractivity contribution in [1.82, 2.24) is 5.32 Å². The largest absolute Gasteiger partial charge is 0.508 e. The van der Waals surface area contributed by atoms with Gasteiger partial charge < -0.3 is 30.5 Å². The van der Waals surface area contributed by atoms with E-state index >= 15 is 0 Å². The van der Waals surface area contributed by atoms with Gasteiger partial charge in [-0.3, -0.25) is 14.4 Å². The van der Waals surface area contributed by atoms with Crippen molar-refractivity contribution in [3.05, 3.63) is 114 Å². The van der Waals surface area contributed by atoms with E-state index in [1.807, 2.05) is 13.0 Å². The zero-order chi connectivity index (χ0) is 31.5. The summed E-state index contributed by atoms with van der Waals surface area (Å²) in [5, 5.41) is 17.8. The molecule has 1 unspecified atom stereocenters. The average Bonchev–Trinajstić information content (AvgIpc) is 3.03. The third-order valence-corrected chi connectivity index (χ3v) is 7.35. The molecule has 0 spiro atoms. The highest BCUT2D eigenvalue weighted by molar-refractivity contribution is 8.00. The normalized spacial score (nSPS) is 11.7. The molecule has 0 fully saturated rings. The van der Waals surface area contributed by atoms with Crippen LogP contribution in [0.2, 0.25) is 0 Å². The summed E-state index contributed by atoms with van der Waals surface area (Å²) in [5.41, 5.74) is 1.94. The molecule has 0 aliphatic carbocycles. The highest BCUT2D eigenvalue weighted by atomic mass is 32.2. The minimum Gasteiger partial charge on any atom is -0.508 e. The van der Waals surface area contributed by atoms with Crippen LogP contribution in [0.15, 0.2) is 108 Å². The maximum absolute atomic E-state index is 13.5. The Morgan fingerprint density at radius 2 is 1.64 bits per heavy atom. The third-order valence-electron chi connectivity index (χ3n) is 6.25. The van der Waals surface area contributed by atoms with Crippen LogP contribution in [0.4, 0.5) is 11.4 Å². The van der Waals surface area contributed by atoms with E-state index in [1.165, 1.54) is 37.1 Å². The van der Waals surface area contributed by atoms with Gasteiger partial charge in [0.2, 0.25) is 5.91 Å². The lowest BCUT2D eigenvalue weighted by molar-refractivity contribution is -0.115. The fraction of sp³-hybridized carbons (Fsp3) is 0.147. The molecule has 4 rings (SSSR count). The lowest BCUT2D eigenvalue weighted by atomic mass is 10.1. The van der Waals surface area contributed by atoms with E-state index in [1.54, 1.807) is 85.8 Å². The van der Waals surface area contributed by atoms with Crippen LogP contribution in [-0.4, -0.2) is 41.8 Å². The van der Waals surface area contributed by atoms with E-state index < -0.39 is 17.1 Å². The number of carbonyl (C=O) groups is 3. The maximum Gasteiger partial charge on any atom is 0.272 e. The van der Waals surface area contributed by atoms with Crippen molar-refractivity contribution >= 4 is 46.9 Å². The van der Waals surface area contributed by atoms with E-state index in [0.29, 0.717) is 34.9 Å². The molecule has 1 atom stereocenters. The first-order valence-electron chi connectivity index (χ1n) is 13.8. The molecule has 0 aliphatic heterocycles. The Kier molecular flexibility index (Phi) is 11.0. The Labute approximate surface area is 260 Å². The smallest absolute Gasteiger partial charge is 0.272 e. The van der Waals surface area contributed by atoms with Gasteiger partial charge in [0.05, 0.1) is 19.0 Å². The van der Waals surface area contributed by atoms with Crippen molar-refractivity contribution in [1.29, 1.82) is 0 Å². The summed E-state index contributed by atoms with van der Waals surface area (Å²) in [6.07, 6.45) is 1.47. The van der Waals surface area contributed by atoms with Gasteiger partial charge in [0.15, 0.2) is 0 Å². The van der Waals surface area contributed by atoms with Gasteiger partial charge in [-0.1, -0.05) is 24.3 Å². The van der Waals surface area contributed by atoms with Crippen LogP contribution < -0.4 is 25.4 Å². The number of methoxy groups -OCH3 is 1. The van der Waals surface area contributed by atoms with Gasteiger partial charge in [0, 0.05) is 33.5 Å². The monoisotopic (exact) mass is 611 g/mol. The predicted molar refractivity (Wildman–Crippen MR) is 173 cm³/mol. The molecular weight excluding hydrogens is 578 g/mol. The second-order valence-corrected chi connectivity index (χ2v) is 10.9. The van der Waals surface area contributed by atoms with Crippen LogP contribution in [0.25, 0.3) is 6.08 Å². The number of ether oxygens (including phenoxy) is 2. The Morgan fingerprint density at radius 3 is 2.34 bits per heavy atom. The van der Waals surface area contributed by atoms with Crippen LogP contribution in [0.3, 0.4) is 0 Å². The number of anilines is 2. The number of benzene rings is 4. The molecular formula is C34H33N3O6S. The van der Waals surface area contributed by atoms with E-state index in [9.17, 15) is 19.5 Å². The number of phenolic OH excluding ortho intramolecular Hbond substituents is 1. The maximum atomic E-state index is 13.5. The second kappa shape index (κ2) is 15.3. The van der Waals surface area contributed by atoms with E-state index in [-0.39, 0.29) is 17.4 Å². The van der Waals surface area contributed by atoms with Crippen LogP contribution in [0.5, 0.6) is 17.2 Å². The molecule has 0 heterocycles. The second-order valence-electron chi connectivity index (χ2n) is 9.49. The van der Waals surface area contributed by atoms with E-state index in [2.05, 4.69) is 16.0 Å². The molecule has 0 aromatic heterocycles. The summed E-state index contributed by atoms with van der Waals surface area (Å²) in [6.45, 7) is 4.26. The molecule has 0 bridgehead atoms. The third kappa shape index (κ3) is 8.89. The summed E-state index contributed by atoms with van der Waals surface area (Å²) >= 11 is 1.34. The lowest BCUT2D eigenvalue weighted by Gasteiger charge is -2.15. The highest BCUT2D eigenvalue weighted by Crippen LogP contribution is 2.28. The first kappa shape index (κ1) is 31.7. The van der Waals surface area contributed by atoms with Gasteiger partial charge in [-0.05, 0) is 86.7 Å². The fourth-order valence-electron chi connectivity index (χ4n) is 4.07. The number of phenols is 1. The summed E-state index contributed by atoms with van der Waals surface area (Å²) in [6, 6.07) is 27.2. The number of hydrogen-bond acceptors (Lipinski definition) is 7. The van der Waals surface area contributed by atoms with Gasteiger partial charge in [-0.15, -0.1) is 11.8 Å².